The smallest absolute Gasteiger partial charge is 0.370 e. The Hall–Kier alpha value is -3.43. The van der Waals surface area contributed by atoms with E-state index in [4.69, 9.17) is 17.2 Å². The summed E-state index contributed by atoms with van der Waals surface area (Å²) in [6.07, 6.45) is -4.67. The number of alkyl halides is 3. The van der Waals surface area contributed by atoms with Crippen LogP contribution < -0.4 is 38.5 Å². The molecule has 0 aliphatic carbocycles. The maximum Gasteiger partial charge on any atom is 0.452 e. The fraction of sp³-hybridized carbons (Fsp3) is 0.727. The number of unbranched alkanes of at least 4 members (excludes halogenated alkanes) is 1. The molecule has 0 aromatic carbocycles. The Morgan fingerprint density at radius 3 is 2.16 bits per heavy atom. The Morgan fingerprint density at radius 2 is 1.53 bits per heavy atom. The molecule has 10 N–H and O–H groups in total. The van der Waals surface area contributed by atoms with Crippen molar-refractivity contribution in [3.63, 3.8) is 0 Å². The van der Waals surface area contributed by atoms with Crippen LogP contribution in [0.2, 0.25) is 0 Å². The van der Waals surface area contributed by atoms with Gasteiger partial charge in [0.15, 0.2) is 5.96 Å². The summed E-state index contributed by atoms with van der Waals surface area (Å²) >= 11 is 0. The Kier molecular flexibility index (Phi) is 14.1. The zero-order chi connectivity index (χ0) is 28.7. The molecule has 216 valence electrons. The molecule has 0 saturated carbocycles. The summed E-state index contributed by atoms with van der Waals surface area (Å²) in [6.45, 7) is 0.439. The summed E-state index contributed by atoms with van der Waals surface area (Å²) < 4.78 is 39.6. The van der Waals surface area contributed by atoms with Gasteiger partial charge in [0.1, 0.15) is 18.5 Å². The van der Waals surface area contributed by atoms with Gasteiger partial charge in [0, 0.05) is 13.1 Å². The number of amides is 4. The zero-order valence-electron chi connectivity index (χ0n) is 21.1. The maximum atomic E-state index is 13.2. The molecular weight excluding hydrogens is 513 g/mol. The van der Waals surface area contributed by atoms with Gasteiger partial charge in [0.05, 0.1) is 6.04 Å². The second-order valence-electron chi connectivity index (χ2n) is 8.86. The van der Waals surface area contributed by atoms with Gasteiger partial charge in [-0.1, -0.05) is 0 Å². The van der Waals surface area contributed by atoms with E-state index in [9.17, 15) is 37.1 Å². The summed E-state index contributed by atoms with van der Waals surface area (Å²) in [4.78, 5) is 66.2. The number of nitrogens with one attached hydrogen (secondary N) is 4. The predicted octanol–water partition coefficient (Wildman–Crippen LogP) is -1.55. The third kappa shape index (κ3) is 12.7. The van der Waals surface area contributed by atoms with Crippen LogP contribution in [0.1, 0.15) is 57.8 Å². The van der Waals surface area contributed by atoms with Crippen molar-refractivity contribution in [1.82, 2.24) is 21.3 Å². The van der Waals surface area contributed by atoms with E-state index in [1.54, 1.807) is 0 Å². The van der Waals surface area contributed by atoms with Gasteiger partial charge in [0.25, 0.3) is 5.78 Å². The van der Waals surface area contributed by atoms with Gasteiger partial charge < -0.3 is 38.5 Å². The van der Waals surface area contributed by atoms with Gasteiger partial charge in [-0.2, -0.15) is 13.2 Å². The molecule has 16 heteroatoms. The normalized spacial score (nSPS) is 22.5. The number of hydrogen-bond donors (Lipinski definition) is 7. The first-order valence-electron chi connectivity index (χ1n) is 12.4. The zero-order valence-corrected chi connectivity index (χ0v) is 21.1. The topological polar surface area (TPSA) is 224 Å². The lowest BCUT2D eigenvalue weighted by Crippen LogP contribution is -2.57. The van der Waals surface area contributed by atoms with E-state index in [0.29, 0.717) is 19.4 Å². The lowest BCUT2D eigenvalue weighted by molar-refractivity contribution is -0.174. The van der Waals surface area contributed by atoms with Crippen LogP contribution in [0.3, 0.4) is 0 Å². The Bertz CT molecular complexity index is 864. The molecular formula is C22H37F3N8O5. The highest BCUT2D eigenvalue weighted by atomic mass is 19.4. The minimum absolute atomic E-state index is 0.0425. The number of nitrogens with two attached hydrogens (primary N) is 3. The average molecular weight is 551 g/mol. The Labute approximate surface area is 218 Å². The number of carbonyl (C=O) groups excluding carboxylic acids is 5. The highest BCUT2D eigenvalue weighted by Crippen LogP contribution is 2.20. The molecule has 1 rings (SSSR count). The fourth-order valence-electron chi connectivity index (χ4n) is 3.70. The molecule has 0 aromatic rings. The lowest BCUT2D eigenvalue weighted by atomic mass is 10.0. The van der Waals surface area contributed by atoms with Gasteiger partial charge >= 0.3 is 6.18 Å². The first-order chi connectivity index (χ1) is 17.8. The molecule has 0 radical (unpaired) electrons. The van der Waals surface area contributed by atoms with Crippen molar-refractivity contribution in [2.24, 2.45) is 22.2 Å². The van der Waals surface area contributed by atoms with Crippen molar-refractivity contribution < 1.29 is 37.1 Å². The van der Waals surface area contributed by atoms with E-state index in [-0.39, 0.29) is 57.6 Å². The van der Waals surface area contributed by atoms with Crippen molar-refractivity contribution in [2.75, 3.05) is 19.6 Å². The molecule has 4 amide bonds. The molecule has 0 unspecified atom stereocenters. The van der Waals surface area contributed by atoms with Crippen molar-refractivity contribution in [2.45, 2.75) is 82.1 Å². The van der Waals surface area contributed by atoms with Crippen molar-refractivity contribution >= 4 is 35.4 Å². The van der Waals surface area contributed by atoms with Crippen LogP contribution in [0, 0.1) is 0 Å². The number of nitrogens with zero attached hydrogens (tertiary/aromatic N) is 1. The molecule has 1 fully saturated rings. The average Bonchev–Trinajstić information content (AvgIpc) is 2.82. The van der Waals surface area contributed by atoms with E-state index in [1.165, 1.54) is 0 Å². The number of rotatable bonds is 9. The van der Waals surface area contributed by atoms with Crippen LogP contribution in [0.5, 0.6) is 0 Å². The number of Topliss-reactive ketones (excluding diaryl/α,β-unsaturated/α-hetero) is 1. The predicted molar refractivity (Wildman–Crippen MR) is 131 cm³/mol. The highest BCUT2D eigenvalue weighted by Gasteiger charge is 2.44. The molecule has 0 spiro atoms. The third-order valence-corrected chi connectivity index (χ3v) is 5.65. The van der Waals surface area contributed by atoms with Crippen molar-refractivity contribution in [3.05, 3.63) is 0 Å². The molecule has 1 heterocycles. The first kappa shape index (κ1) is 32.6. The van der Waals surface area contributed by atoms with E-state index in [2.05, 4.69) is 26.3 Å². The van der Waals surface area contributed by atoms with Crippen LogP contribution in [0.4, 0.5) is 13.2 Å². The summed E-state index contributed by atoms with van der Waals surface area (Å²) in [5.41, 5.74) is 16.0. The van der Waals surface area contributed by atoms with Gasteiger partial charge in [-0.3, -0.25) is 29.0 Å². The van der Waals surface area contributed by atoms with E-state index in [0.717, 1.165) is 0 Å². The summed E-state index contributed by atoms with van der Waals surface area (Å²) in [7, 11) is 0. The number of hydrogen-bond acceptors (Lipinski definition) is 7. The van der Waals surface area contributed by atoms with Crippen LogP contribution in [-0.4, -0.2) is 79.3 Å². The molecule has 0 aromatic heterocycles. The first-order valence-corrected chi connectivity index (χ1v) is 12.4. The van der Waals surface area contributed by atoms with Crippen molar-refractivity contribution in [3.8, 4) is 0 Å². The molecule has 1 saturated heterocycles. The van der Waals surface area contributed by atoms with Crippen LogP contribution in [0.15, 0.2) is 4.99 Å². The quantitative estimate of drug-likeness (QED) is 0.0768. The van der Waals surface area contributed by atoms with Crippen LogP contribution in [-0.2, 0) is 24.0 Å². The summed E-state index contributed by atoms with van der Waals surface area (Å²) in [5, 5.41) is 9.47. The van der Waals surface area contributed by atoms with E-state index < -0.39 is 60.1 Å². The van der Waals surface area contributed by atoms with E-state index >= 15 is 0 Å². The lowest BCUT2D eigenvalue weighted by Gasteiger charge is -2.26. The van der Waals surface area contributed by atoms with Gasteiger partial charge in [-0.25, -0.2) is 0 Å². The minimum Gasteiger partial charge on any atom is -0.370 e. The molecule has 0 bridgehead atoms. The number of guanidine groups is 1. The number of carbonyl (C=O) groups is 5. The Balaban J connectivity index is 3.24. The van der Waals surface area contributed by atoms with Gasteiger partial charge in [-0.15, -0.1) is 0 Å². The number of aliphatic imine (C=N–C) groups is 1. The van der Waals surface area contributed by atoms with Crippen molar-refractivity contribution in [1.29, 1.82) is 0 Å². The van der Waals surface area contributed by atoms with Gasteiger partial charge in [-0.05, 0) is 57.9 Å². The molecule has 38 heavy (non-hydrogen) atoms. The van der Waals surface area contributed by atoms with Crippen LogP contribution in [0.25, 0.3) is 0 Å². The minimum atomic E-state index is -5.20. The standard InChI is InChI=1S/C22H37F3N8O5/c23-22(24,25)18(36)13-6-2-4-10-29-16(34)12-17(35)31-14(7-1-3-9-26)19(37)33-15(20(38)32-13)8-5-11-30-21(27)28/h13-15H,1-12,26H2,(H,29,34)(H,31,35)(H,32,38)(H,33,37)(H4,27,28,30)/t13-,14-,15-/m0/s1. The third-order valence-electron chi connectivity index (χ3n) is 5.65. The number of ketones is 1. The Morgan fingerprint density at radius 1 is 0.895 bits per heavy atom. The number of halogens is 3. The maximum absolute atomic E-state index is 13.2. The molecule has 3 atom stereocenters. The fourth-order valence-corrected chi connectivity index (χ4v) is 3.70. The summed E-state index contributed by atoms with van der Waals surface area (Å²) in [6, 6.07) is -4.39. The van der Waals surface area contributed by atoms with Gasteiger partial charge in [0.2, 0.25) is 23.6 Å². The monoisotopic (exact) mass is 550 g/mol. The highest BCUT2D eigenvalue weighted by molar-refractivity contribution is 5.99. The van der Waals surface area contributed by atoms with E-state index in [1.807, 2.05) is 0 Å². The largest absolute Gasteiger partial charge is 0.452 e. The molecule has 13 nitrogen and oxygen atoms in total. The van der Waals surface area contributed by atoms with Crippen LogP contribution >= 0.6 is 0 Å². The SMILES string of the molecule is NCCCC[C@@H]1NC(=O)CC(=O)NCCCC[C@@H](C(=O)C(F)(F)F)NC(=O)[C@H](CCCN=C(N)N)NC1=O. The molecule has 1 aliphatic rings. The molecule has 1 aliphatic heterocycles. The second-order valence-corrected chi connectivity index (χ2v) is 8.86. The summed E-state index contributed by atoms with van der Waals surface area (Å²) in [5.74, 6) is -5.48. The second kappa shape index (κ2) is 16.4.